The minimum atomic E-state index is -0.412. The lowest BCUT2D eigenvalue weighted by atomic mass is 10.1. The maximum Gasteiger partial charge on any atom is 0.242 e. The van der Waals surface area contributed by atoms with Gasteiger partial charge in [0.05, 0.1) is 12.8 Å². The number of likely N-dealkylation sites (tertiary alicyclic amines) is 1. The van der Waals surface area contributed by atoms with Gasteiger partial charge in [-0.15, -0.1) is 0 Å². The minimum Gasteiger partial charge on any atom is -0.495 e. The predicted molar refractivity (Wildman–Crippen MR) is 117 cm³/mol. The molecule has 0 radical (unpaired) electrons. The molecule has 0 bridgehead atoms. The number of nitrogens with one attached hydrogen (secondary N) is 1. The summed E-state index contributed by atoms with van der Waals surface area (Å²) in [6.45, 7) is 3.93. The van der Waals surface area contributed by atoms with Crippen LogP contribution in [0.15, 0.2) is 48.5 Å². The summed E-state index contributed by atoms with van der Waals surface area (Å²) in [5, 5.41) is 2.62. The van der Waals surface area contributed by atoms with Gasteiger partial charge < -0.3 is 15.0 Å². The van der Waals surface area contributed by atoms with Crippen molar-refractivity contribution in [2.24, 2.45) is 0 Å². The van der Waals surface area contributed by atoms with Crippen LogP contribution in [0.4, 0.5) is 5.69 Å². The van der Waals surface area contributed by atoms with E-state index >= 15 is 0 Å². The summed E-state index contributed by atoms with van der Waals surface area (Å²) < 4.78 is 6.18. The number of thiocarbonyl (C=S) groups is 1. The number of nitrogens with zero attached hydrogens (tertiary/aromatic N) is 1. The van der Waals surface area contributed by atoms with Crippen molar-refractivity contribution in [1.29, 1.82) is 0 Å². The van der Waals surface area contributed by atoms with E-state index in [1.807, 2.05) is 55.5 Å². The molecule has 1 atom stereocenters. The lowest BCUT2D eigenvalue weighted by Gasteiger charge is -2.23. The summed E-state index contributed by atoms with van der Waals surface area (Å²) in [4.78, 5) is 15.4. The molecule has 1 N–H and O–H groups in total. The number of methoxy groups -OCH3 is 1. The van der Waals surface area contributed by atoms with E-state index in [0.717, 1.165) is 41.4 Å². The summed E-state index contributed by atoms with van der Waals surface area (Å²) in [6, 6.07) is 15.5. The molecule has 0 aliphatic carbocycles. The maximum absolute atomic E-state index is 13.2. The number of rotatable bonds is 5. The number of thioether (sulfide) groups is 1. The number of hydrogen-bond donors (Lipinski definition) is 1. The maximum atomic E-state index is 13.2. The number of anilines is 1. The largest absolute Gasteiger partial charge is 0.495 e. The van der Waals surface area contributed by atoms with Crippen molar-refractivity contribution in [1.82, 2.24) is 4.90 Å². The molecule has 0 unspecified atom stereocenters. The van der Waals surface area contributed by atoms with Crippen LogP contribution in [-0.4, -0.2) is 35.3 Å². The van der Waals surface area contributed by atoms with Gasteiger partial charge in [-0.1, -0.05) is 60.4 Å². The molecule has 0 spiro atoms. The van der Waals surface area contributed by atoms with Gasteiger partial charge in [-0.2, -0.15) is 0 Å². The molecule has 4 nitrogen and oxygen atoms in total. The number of aryl methyl sites for hydroxylation is 1. The Kier molecular flexibility index (Phi) is 6.74. The highest BCUT2D eigenvalue weighted by Gasteiger charge is 2.27. The first-order valence-corrected chi connectivity index (χ1v) is 10.3. The van der Waals surface area contributed by atoms with Gasteiger partial charge in [0.15, 0.2) is 0 Å². The van der Waals surface area contributed by atoms with Crippen LogP contribution in [0, 0.1) is 6.92 Å². The number of carbonyl (C=O) groups is 1. The van der Waals surface area contributed by atoms with Crippen molar-refractivity contribution >= 4 is 39.9 Å². The third kappa shape index (κ3) is 5.02. The van der Waals surface area contributed by atoms with Gasteiger partial charge in [-0.05, 0) is 43.0 Å². The summed E-state index contributed by atoms with van der Waals surface area (Å²) >= 11 is 7.07. The lowest BCUT2D eigenvalue weighted by Crippen LogP contribution is -2.27. The molecule has 1 aliphatic rings. The Labute approximate surface area is 170 Å². The monoisotopic (exact) mass is 400 g/mol. The van der Waals surface area contributed by atoms with Crippen molar-refractivity contribution in [2.75, 3.05) is 25.5 Å². The van der Waals surface area contributed by atoms with E-state index in [1.54, 1.807) is 7.11 Å². The summed E-state index contributed by atoms with van der Waals surface area (Å²) in [5.74, 6) is 0.546. The molecule has 6 heteroatoms. The molecule has 1 aliphatic heterocycles. The quantitative estimate of drug-likeness (QED) is 0.731. The molecular formula is C21H24N2O2S2. The van der Waals surface area contributed by atoms with Gasteiger partial charge in [0.25, 0.3) is 0 Å². The second-order valence-electron chi connectivity index (χ2n) is 6.56. The van der Waals surface area contributed by atoms with E-state index in [1.165, 1.54) is 11.8 Å². The topological polar surface area (TPSA) is 41.6 Å². The molecule has 142 valence electrons. The second-order valence-corrected chi connectivity index (χ2v) is 8.30. The predicted octanol–water partition coefficient (Wildman–Crippen LogP) is 4.80. The van der Waals surface area contributed by atoms with Gasteiger partial charge in [0.1, 0.15) is 15.3 Å². The molecule has 1 fully saturated rings. The summed E-state index contributed by atoms with van der Waals surface area (Å²) in [5.41, 5.74) is 2.67. The molecule has 2 aromatic rings. The van der Waals surface area contributed by atoms with Crippen molar-refractivity contribution in [3.05, 3.63) is 59.7 Å². The summed E-state index contributed by atoms with van der Waals surface area (Å²) in [7, 11) is 1.60. The number of hydrogen-bond acceptors (Lipinski definition) is 4. The average Bonchev–Trinajstić information content (AvgIpc) is 3.21. The summed E-state index contributed by atoms with van der Waals surface area (Å²) in [6.07, 6.45) is 2.31. The Balaban J connectivity index is 1.82. The Hall–Kier alpha value is -2.05. The fourth-order valence-corrected chi connectivity index (χ4v) is 4.56. The van der Waals surface area contributed by atoms with Crippen LogP contribution in [0.5, 0.6) is 5.75 Å². The average molecular weight is 401 g/mol. The lowest BCUT2D eigenvalue weighted by molar-refractivity contribution is -0.115. The Morgan fingerprint density at radius 3 is 2.56 bits per heavy atom. The van der Waals surface area contributed by atoms with Crippen LogP contribution in [-0.2, 0) is 4.79 Å². The van der Waals surface area contributed by atoms with Crippen LogP contribution in [0.2, 0.25) is 0 Å². The van der Waals surface area contributed by atoms with Gasteiger partial charge in [0.2, 0.25) is 5.91 Å². The molecule has 27 heavy (non-hydrogen) atoms. The fourth-order valence-electron chi connectivity index (χ4n) is 3.09. The zero-order chi connectivity index (χ0) is 19.2. The van der Waals surface area contributed by atoms with Crippen LogP contribution >= 0.6 is 24.0 Å². The van der Waals surface area contributed by atoms with Crippen LogP contribution in [0.1, 0.15) is 29.2 Å². The SMILES string of the molecule is COc1ccc(C)cc1NC(=O)[C@H](SC(=S)N1CCCC1)c1ccccc1. The zero-order valence-corrected chi connectivity index (χ0v) is 17.2. The number of amides is 1. The number of ether oxygens (including phenoxy) is 1. The normalized spacial score (nSPS) is 14.7. The molecule has 2 aromatic carbocycles. The molecule has 1 saturated heterocycles. The highest BCUT2D eigenvalue weighted by Crippen LogP contribution is 2.35. The molecule has 1 heterocycles. The minimum absolute atomic E-state index is 0.100. The molecule has 0 saturated carbocycles. The Bertz CT molecular complexity index is 805. The van der Waals surface area contributed by atoms with Crippen molar-refractivity contribution < 1.29 is 9.53 Å². The molecule has 0 aromatic heterocycles. The first-order valence-electron chi connectivity index (χ1n) is 9.04. The highest BCUT2D eigenvalue weighted by molar-refractivity contribution is 8.23. The van der Waals surface area contributed by atoms with Crippen LogP contribution in [0.25, 0.3) is 0 Å². The molecular weight excluding hydrogens is 376 g/mol. The smallest absolute Gasteiger partial charge is 0.242 e. The van der Waals surface area contributed by atoms with E-state index in [0.29, 0.717) is 11.4 Å². The van der Waals surface area contributed by atoms with Gasteiger partial charge in [-0.3, -0.25) is 4.79 Å². The molecule has 3 rings (SSSR count). The fraction of sp³-hybridized carbons (Fsp3) is 0.333. The third-order valence-corrected chi connectivity index (χ3v) is 6.26. The Morgan fingerprint density at radius 2 is 1.89 bits per heavy atom. The third-order valence-electron chi connectivity index (χ3n) is 4.54. The molecule has 1 amide bonds. The van der Waals surface area contributed by atoms with Gasteiger partial charge >= 0.3 is 0 Å². The van der Waals surface area contributed by atoms with Crippen LogP contribution < -0.4 is 10.1 Å². The van der Waals surface area contributed by atoms with E-state index in [4.69, 9.17) is 17.0 Å². The van der Waals surface area contributed by atoms with Crippen LogP contribution in [0.3, 0.4) is 0 Å². The standard InChI is InChI=1S/C21H24N2O2S2/c1-15-10-11-18(25-2)17(14-15)22-20(24)19(16-8-4-3-5-9-16)27-21(26)23-12-6-7-13-23/h3-5,8-11,14,19H,6-7,12-13H2,1-2H3,(H,22,24)/t19-/m1/s1. The first-order chi connectivity index (χ1) is 13.1. The van der Waals surface area contributed by atoms with Gasteiger partial charge in [0, 0.05) is 13.1 Å². The highest BCUT2D eigenvalue weighted by atomic mass is 32.2. The van der Waals surface area contributed by atoms with Crippen molar-refractivity contribution in [2.45, 2.75) is 25.0 Å². The number of benzene rings is 2. The zero-order valence-electron chi connectivity index (χ0n) is 15.6. The van der Waals surface area contributed by atoms with E-state index in [2.05, 4.69) is 10.2 Å². The van der Waals surface area contributed by atoms with Gasteiger partial charge in [-0.25, -0.2) is 0 Å². The first kappa shape index (κ1) is 19.7. The van der Waals surface area contributed by atoms with Crippen molar-refractivity contribution in [3.8, 4) is 5.75 Å². The van der Waals surface area contributed by atoms with E-state index in [9.17, 15) is 4.79 Å². The van der Waals surface area contributed by atoms with E-state index in [-0.39, 0.29) is 5.91 Å². The van der Waals surface area contributed by atoms with Crippen molar-refractivity contribution in [3.63, 3.8) is 0 Å². The Morgan fingerprint density at radius 1 is 1.19 bits per heavy atom. The second kappa shape index (κ2) is 9.24. The van der Waals surface area contributed by atoms with E-state index < -0.39 is 5.25 Å². The number of carbonyl (C=O) groups excluding carboxylic acids is 1.